The summed E-state index contributed by atoms with van der Waals surface area (Å²) in [5.74, 6) is 5.79. The van der Waals surface area contributed by atoms with E-state index in [-0.39, 0.29) is 12.5 Å². The van der Waals surface area contributed by atoms with Crippen molar-refractivity contribution in [3.8, 4) is 11.8 Å². The Morgan fingerprint density at radius 2 is 2.24 bits per heavy atom. The van der Waals surface area contributed by atoms with Crippen molar-refractivity contribution >= 4 is 5.91 Å². The van der Waals surface area contributed by atoms with Gasteiger partial charge in [0.15, 0.2) is 0 Å². The average Bonchev–Trinajstić information content (AvgIpc) is 2.48. The molecule has 4 heteroatoms. The van der Waals surface area contributed by atoms with Crippen molar-refractivity contribution in [2.75, 3.05) is 26.4 Å². The number of aliphatic hydroxyl groups is 1. The predicted molar refractivity (Wildman–Crippen MR) is 83.2 cm³/mol. The van der Waals surface area contributed by atoms with Crippen LogP contribution in [0.3, 0.4) is 0 Å². The summed E-state index contributed by atoms with van der Waals surface area (Å²) >= 11 is 0. The fourth-order valence-electron chi connectivity index (χ4n) is 1.78. The van der Waals surface area contributed by atoms with Crippen LogP contribution >= 0.6 is 0 Å². The van der Waals surface area contributed by atoms with Crippen molar-refractivity contribution in [3.05, 3.63) is 34.9 Å². The predicted octanol–water partition coefficient (Wildman–Crippen LogP) is 1.89. The van der Waals surface area contributed by atoms with Gasteiger partial charge < -0.3 is 15.2 Å². The number of carbonyl (C=O) groups excluding carboxylic acids is 1. The highest BCUT2D eigenvalue weighted by atomic mass is 16.5. The van der Waals surface area contributed by atoms with Crippen LogP contribution in [-0.4, -0.2) is 37.4 Å². The fourth-order valence-corrected chi connectivity index (χ4v) is 1.78. The zero-order valence-corrected chi connectivity index (χ0v) is 12.7. The molecule has 0 atom stereocenters. The first-order chi connectivity index (χ1) is 10.2. The lowest BCUT2D eigenvalue weighted by molar-refractivity contribution is 0.0944. The van der Waals surface area contributed by atoms with Gasteiger partial charge in [-0.25, -0.2) is 0 Å². The molecule has 0 fully saturated rings. The van der Waals surface area contributed by atoms with Gasteiger partial charge in [-0.05, 0) is 44.0 Å². The first-order valence-corrected chi connectivity index (χ1v) is 7.25. The zero-order chi connectivity index (χ0) is 15.5. The Bertz CT molecular complexity index is 515. The van der Waals surface area contributed by atoms with E-state index in [4.69, 9.17) is 9.84 Å². The summed E-state index contributed by atoms with van der Waals surface area (Å²) in [6.07, 6.45) is 1.27. The Balaban J connectivity index is 2.54. The number of aryl methyl sites for hydroxylation is 1. The van der Waals surface area contributed by atoms with Crippen LogP contribution in [0.1, 0.15) is 41.3 Å². The number of aliphatic hydroxyl groups excluding tert-OH is 1. The van der Waals surface area contributed by atoms with E-state index in [0.29, 0.717) is 31.7 Å². The molecule has 4 nitrogen and oxygen atoms in total. The molecular weight excluding hydrogens is 266 g/mol. The van der Waals surface area contributed by atoms with Crippen LogP contribution in [-0.2, 0) is 4.74 Å². The highest BCUT2D eigenvalue weighted by Gasteiger charge is 2.06. The van der Waals surface area contributed by atoms with Crippen molar-refractivity contribution in [2.24, 2.45) is 0 Å². The van der Waals surface area contributed by atoms with Gasteiger partial charge in [0.1, 0.15) is 0 Å². The van der Waals surface area contributed by atoms with Gasteiger partial charge in [-0.15, -0.1) is 0 Å². The van der Waals surface area contributed by atoms with Gasteiger partial charge in [0.05, 0.1) is 6.61 Å². The molecule has 1 aromatic rings. The van der Waals surface area contributed by atoms with Gasteiger partial charge >= 0.3 is 0 Å². The maximum Gasteiger partial charge on any atom is 0.251 e. The van der Waals surface area contributed by atoms with Gasteiger partial charge in [0.2, 0.25) is 0 Å². The first-order valence-electron chi connectivity index (χ1n) is 7.25. The van der Waals surface area contributed by atoms with Crippen molar-refractivity contribution in [1.82, 2.24) is 5.32 Å². The van der Waals surface area contributed by atoms with E-state index >= 15 is 0 Å². The molecule has 0 radical (unpaired) electrons. The Kier molecular flexibility index (Phi) is 8.18. The summed E-state index contributed by atoms with van der Waals surface area (Å²) in [4.78, 5) is 12.0. The third-order valence-corrected chi connectivity index (χ3v) is 2.90. The van der Waals surface area contributed by atoms with E-state index < -0.39 is 0 Å². The maximum absolute atomic E-state index is 12.0. The topological polar surface area (TPSA) is 58.6 Å². The largest absolute Gasteiger partial charge is 0.395 e. The van der Waals surface area contributed by atoms with E-state index in [1.807, 2.05) is 26.0 Å². The fraction of sp³-hybridized carbons (Fsp3) is 0.471. The summed E-state index contributed by atoms with van der Waals surface area (Å²) in [7, 11) is 0. The smallest absolute Gasteiger partial charge is 0.251 e. The third kappa shape index (κ3) is 6.44. The Morgan fingerprint density at radius 1 is 1.43 bits per heavy atom. The van der Waals surface area contributed by atoms with Gasteiger partial charge in [-0.2, -0.15) is 0 Å². The molecule has 1 amide bonds. The monoisotopic (exact) mass is 289 g/mol. The lowest BCUT2D eigenvalue weighted by atomic mass is 10.0. The van der Waals surface area contributed by atoms with Crippen LogP contribution in [0, 0.1) is 18.8 Å². The van der Waals surface area contributed by atoms with E-state index in [1.54, 1.807) is 6.07 Å². The van der Waals surface area contributed by atoms with Crippen molar-refractivity contribution in [3.63, 3.8) is 0 Å². The zero-order valence-electron chi connectivity index (χ0n) is 12.7. The molecule has 0 spiro atoms. The number of hydrogen-bond acceptors (Lipinski definition) is 3. The second-order valence-electron chi connectivity index (χ2n) is 4.61. The molecule has 0 bridgehead atoms. The molecule has 1 rings (SSSR count). The lowest BCUT2D eigenvalue weighted by Gasteiger charge is -2.07. The summed E-state index contributed by atoms with van der Waals surface area (Å²) in [5.41, 5.74) is 2.48. The SMILES string of the molecule is CCOCCCNC(=O)c1ccc(C#CCCO)c(C)c1. The highest BCUT2D eigenvalue weighted by Crippen LogP contribution is 2.10. The molecule has 0 unspecified atom stereocenters. The molecule has 1 aromatic carbocycles. The highest BCUT2D eigenvalue weighted by molar-refractivity contribution is 5.94. The number of hydrogen-bond donors (Lipinski definition) is 2. The minimum Gasteiger partial charge on any atom is -0.395 e. The van der Waals surface area contributed by atoms with Crippen molar-refractivity contribution in [2.45, 2.75) is 26.7 Å². The first kappa shape index (κ1) is 17.2. The van der Waals surface area contributed by atoms with Crippen molar-refractivity contribution in [1.29, 1.82) is 0 Å². The molecule has 114 valence electrons. The normalized spacial score (nSPS) is 9.86. The Morgan fingerprint density at radius 3 is 2.90 bits per heavy atom. The minimum absolute atomic E-state index is 0.0638. The van der Waals surface area contributed by atoms with Crippen LogP contribution in [0.2, 0.25) is 0 Å². The average molecular weight is 289 g/mol. The molecule has 2 N–H and O–H groups in total. The summed E-state index contributed by atoms with van der Waals surface area (Å²) in [5, 5.41) is 11.6. The van der Waals surface area contributed by atoms with E-state index in [9.17, 15) is 4.79 Å². The van der Waals surface area contributed by atoms with Gasteiger partial charge in [-0.3, -0.25) is 4.79 Å². The molecule has 0 aliphatic carbocycles. The standard InChI is InChI=1S/C17H23NO3/c1-3-21-12-6-10-18-17(20)16-9-8-15(14(2)13-16)7-4-5-11-19/h8-9,13,19H,3,5-6,10-12H2,1-2H3,(H,18,20). The van der Waals surface area contributed by atoms with Crippen LogP contribution < -0.4 is 5.32 Å². The second kappa shape index (κ2) is 9.98. The molecule has 0 aromatic heterocycles. The molecule has 0 aliphatic rings. The van der Waals surface area contributed by atoms with Crippen LogP contribution in [0.25, 0.3) is 0 Å². The number of nitrogens with one attached hydrogen (secondary N) is 1. The number of ether oxygens (including phenoxy) is 1. The molecule has 0 heterocycles. The van der Waals surface area contributed by atoms with E-state index in [1.165, 1.54) is 0 Å². The van der Waals surface area contributed by atoms with Crippen LogP contribution in [0.4, 0.5) is 0 Å². The van der Waals surface area contributed by atoms with Crippen LogP contribution in [0.5, 0.6) is 0 Å². The van der Waals surface area contributed by atoms with Crippen LogP contribution in [0.15, 0.2) is 18.2 Å². The Labute approximate surface area is 126 Å². The maximum atomic E-state index is 12.0. The second-order valence-corrected chi connectivity index (χ2v) is 4.61. The third-order valence-electron chi connectivity index (χ3n) is 2.90. The molecular formula is C17H23NO3. The number of rotatable bonds is 7. The Hall–Kier alpha value is -1.83. The number of benzene rings is 1. The summed E-state index contributed by atoms with van der Waals surface area (Å²) < 4.78 is 5.22. The van der Waals surface area contributed by atoms with E-state index in [0.717, 1.165) is 17.5 Å². The number of carbonyl (C=O) groups is 1. The van der Waals surface area contributed by atoms with Crippen molar-refractivity contribution < 1.29 is 14.6 Å². The van der Waals surface area contributed by atoms with Gasteiger partial charge in [-0.1, -0.05) is 11.8 Å². The molecule has 0 aliphatic heterocycles. The van der Waals surface area contributed by atoms with Gasteiger partial charge in [0.25, 0.3) is 5.91 Å². The summed E-state index contributed by atoms with van der Waals surface area (Å²) in [6.45, 7) is 5.91. The molecule has 21 heavy (non-hydrogen) atoms. The molecule has 0 saturated carbocycles. The molecule has 0 saturated heterocycles. The lowest BCUT2D eigenvalue weighted by Crippen LogP contribution is -2.25. The van der Waals surface area contributed by atoms with Gasteiger partial charge in [0, 0.05) is 37.3 Å². The summed E-state index contributed by atoms with van der Waals surface area (Å²) in [6, 6.07) is 5.45. The van der Waals surface area contributed by atoms with E-state index in [2.05, 4.69) is 17.2 Å². The number of amides is 1. The minimum atomic E-state index is -0.0792. The quantitative estimate of drug-likeness (QED) is 0.595.